The Hall–Kier alpha value is -5.04. The van der Waals surface area contributed by atoms with Crippen LogP contribution >= 0.6 is 27.5 Å². The van der Waals surface area contributed by atoms with E-state index in [4.69, 9.17) is 26.2 Å². The van der Waals surface area contributed by atoms with Crippen LogP contribution in [0.2, 0.25) is 5.02 Å². The van der Waals surface area contributed by atoms with Gasteiger partial charge in [-0.05, 0) is 71.1 Å². The lowest BCUT2D eigenvalue weighted by Gasteiger charge is -2.18. The second-order valence-corrected chi connectivity index (χ2v) is 14.4. The van der Waals surface area contributed by atoms with Crippen LogP contribution in [0.3, 0.4) is 0 Å². The Balaban J connectivity index is 1.14. The molecule has 1 unspecified atom stereocenters. The Morgan fingerprint density at radius 1 is 1.07 bits per heavy atom. The van der Waals surface area contributed by atoms with Gasteiger partial charge in [0.2, 0.25) is 5.91 Å². The van der Waals surface area contributed by atoms with E-state index in [1.807, 2.05) is 35.1 Å². The van der Waals surface area contributed by atoms with Crippen molar-refractivity contribution in [1.29, 1.82) is 5.26 Å². The van der Waals surface area contributed by atoms with Crippen molar-refractivity contribution in [1.82, 2.24) is 30.7 Å². The molecule has 55 heavy (non-hydrogen) atoms. The molecule has 1 amide bonds. The molecule has 1 fully saturated rings. The molecule has 0 saturated carbocycles. The fraction of sp³-hybridized carbons (Fsp3) is 0.325. The molecule has 0 spiro atoms. The minimum absolute atomic E-state index is 0.0403. The number of nitrogens with zero attached hydrogens (tertiary/aromatic N) is 4. The highest BCUT2D eigenvalue weighted by molar-refractivity contribution is 9.10. The molecule has 2 atom stereocenters. The highest BCUT2D eigenvalue weighted by Crippen LogP contribution is 2.38. The largest absolute Gasteiger partial charge is 0.488 e. The fourth-order valence-electron chi connectivity index (χ4n) is 6.40. The highest BCUT2D eigenvalue weighted by atomic mass is 79.9. The van der Waals surface area contributed by atoms with Gasteiger partial charge in [0.05, 0.1) is 28.9 Å². The molecule has 3 aromatic carbocycles. The molecule has 0 radical (unpaired) electrons. The zero-order valence-corrected chi connectivity index (χ0v) is 32.3. The molecule has 5 aromatic rings. The lowest BCUT2D eigenvalue weighted by molar-refractivity contribution is -0.140. The summed E-state index contributed by atoms with van der Waals surface area (Å²) < 4.78 is 15.3. The number of aliphatic hydroxyl groups excluding tert-OH is 1. The van der Waals surface area contributed by atoms with Crippen LogP contribution in [0.1, 0.15) is 47.9 Å². The number of rotatable bonds is 19. The van der Waals surface area contributed by atoms with Gasteiger partial charge in [-0.25, -0.2) is 0 Å². The smallest absolute Gasteiger partial charge is 0.323 e. The number of pyridine rings is 1. The molecule has 15 heteroatoms. The van der Waals surface area contributed by atoms with Gasteiger partial charge in [-0.2, -0.15) is 10.4 Å². The lowest BCUT2D eigenvalue weighted by Crippen LogP contribution is -2.39. The molecule has 0 aliphatic carbocycles. The summed E-state index contributed by atoms with van der Waals surface area (Å²) in [5, 5.41) is 43.5. The first-order chi connectivity index (χ1) is 26.7. The Morgan fingerprint density at radius 2 is 1.89 bits per heavy atom. The molecule has 1 aliphatic heterocycles. The summed E-state index contributed by atoms with van der Waals surface area (Å²) in [4.78, 5) is 27.0. The quantitative estimate of drug-likeness (QED) is 0.0642. The van der Waals surface area contributed by atoms with Gasteiger partial charge in [0.15, 0.2) is 0 Å². The number of fused-ring (bicyclic) bond motifs is 1. The van der Waals surface area contributed by atoms with Crippen molar-refractivity contribution in [3.05, 3.63) is 105 Å². The second-order valence-electron chi connectivity index (χ2n) is 13.2. The van der Waals surface area contributed by atoms with Crippen molar-refractivity contribution < 1.29 is 29.3 Å². The Kier molecular flexibility index (Phi) is 13.7. The summed E-state index contributed by atoms with van der Waals surface area (Å²) in [5.41, 5.74) is 5.53. The highest BCUT2D eigenvalue weighted by Gasteiger charge is 2.21. The van der Waals surface area contributed by atoms with Crippen molar-refractivity contribution in [3.8, 4) is 28.7 Å². The SMILES string of the molecule is N#Cc1cncc(COc2cc(OCc3cccc(-c4cccc5c4cnn5CCCCNCC4CCC(=O)N4)c3Br)c(Cl)cc2CN[C@@H](CO)C(=O)O)c1. The number of hydrogen-bond acceptors (Lipinski definition) is 10. The van der Waals surface area contributed by atoms with Crippen LogP contribution in [0.5, 0.6) is 11.5 Å². The maximum absolute atomic E-state index is 11.5. The second kappa shape index (κ2) is 19.0. The van der Waals surface area contributed by atoms with E-state index in [0.29, 0.717) is 34.6 Å². The number of unbranched alkanes of at least 4 members (excludes halogenated alkanes) is 1. The van der Waals surface area contributed by atoms with Crippen LogP contribution in [0.4, 0.5) is 0 Å². The molecule has 5 N–H and O–H groups in total. The zero-order chi connectivity index (χ0) is 38.7. The zero-order valence-electron chi connectivity index (χ0n) is 29.9. The molecule has 3 heterocycles. The van der Waals surface area contributed by atoms with E-state index in [-0.39, 0.29) is 36.7 Å². The summed E-state index contributed by atoms with van der Waals surface area (Å²) >= 11 is 10.5. The average molecular weight is 831 g/mol. The van der Waals surface area contributed by atoms with E-state index in [0.717, 1.165) is 71.0 Å². The molecule has 6 rings (SSSR count). The number of aliphatic hydroxyl groups is 1. The van der Waals surface area contributed by atoms with E-state index in [1.54, 1.807) is 24.4 Å². The minimum Gasteiger partial charge on any atom is -0.488 e. The van der Waals surface area contributed by atoms with Gasteiger partial charge in [0.1, 0.15) is 36.8 Å². The standard InChI is InChI=1S/C40H41BrClN7O6/c41-39-27(5-3-7-31(39)30-6-4-8-35-32(30)21-47-49(35)12-2-1-11-44-20-29-9-10-38(51)48-29)24-55-37-15-36(54-23-26-13-25(16-43)17-45-18-26)28(14-33(37)42)19-46-34(22-50)40(52)53/h3-8,13-15,17-18,21,29,34,44,46,50H,1-2,9-12,19-20,22-24H2,(H,48,51)(H,52,53)/t29?,34-/m0/s1. The number of amides is 1. The molecule has 2 aromatic heterocycles. The third-order valence-electron chi connectivity index (χ3n) is 9.34. The van der Waals surface area contributed by atoms with E-state index in [9.17, 15) is 25.1 Å². The number of hydrogen-bond donors (Lipinski definition) is 5. The number of nitriles is 1. The summed E-state index contributed by atoms with van der Waals surface area (Å²) in [6.07, 6.45) is 8.42. The predicted octanol–water partition coefficient (Wildman–Crippen LogP) is 5.73. The lowest BCUT2D eigenvalue weighted by atomic mass is 10.00. The van der Waals surface area contributed by atoms with Crippen LogP contribution < -0.4 is 25.4 Å². The number of carbonyl (C=O) groups is 2. The van der Waals surface area contributed by atoms with Crippen LogP contribution in [0.25, 0.3) is 22.0 Å². The number of nitrogens with one attached hydrogen (secondary N) is 3. The monoisotopic (exact) mass is 829 g/mol. The fourth-order valence-corrected chi connectivity index (χ4v) is 7.23. The third-order valence-corrected chi connectivity index (χ3v) is 10.6. The third kappa shape index (κ3) is 10.2. The van der Waals surface area contributed by atoms with Crippen LogP contribution in [-0.4, -0.2) is 68.6 Å². The number of benzene rings is 3. The number of carbonyl (C=O) groups excluding carboxylic acids is 1. The van der Waals surface area contributed by atoms with Crippen molar-refractivity contribution in [2.24, 2.45) is 0 Å². The summed E-state index contributed by atoms with van der Waals surface area (Å²) in [6.45, 7) is 2.16. The van der Waals surface area contributed by atoms with Crippen LogP contribution in [0.15, 0.2) is 77.7 Å². The first-order valence-corrected chi connectivity index (χ1v) is 19.1. The predicted molar refractivity (Wildman–Crippen MR) is 211 cm³/mol. The maximum atomic E-state index is 11.5. The van der Waals surface area contributed by atoms with E-state index >= 15 is 0 Å². The minimum atomic E-state index is -1.19. The summed E-state index contributed by atoms with van der Waals surface area (Å²) in [6, 6.07) is 18.2. The average Bonchev–Trinajstić information content (AvgIpc) is 3.81. The Morgan fingerprint density at radius 3 is 2.67 bits per heavy atom. The molecule has 286 valence electrons. The van der Waals surface area contributed by atoms with Gasteiger partial charge in [0.25, 0.3) is 0 Å². The molecule has 0 bridgehead atoms. The van der Waals surface area contributed by atoms with Gasteiger partial charge < -0.3 is 30.3 Å². The molecule has 1 saturated heterocycles. The van der Waals surface area contributed by atoms with E-state index in [1.165, 1.54) is 6.20 Å². The number of carboxylic acid groups (broad SMARTS) is 1. The number of aliphatic carboxylic acids is 1. The van der Waals surface area contributed by atoms with Crippen LogP contribution in [-0.2, 0) is 35.9 Å². The van der Waals surface area contributed by atoms with Crippen molar-refractivity contribution in [2.45, 2.75) is 64.1 Å². The van der Waals surface area contributed by atoms with Crippen LogP contribution in [0, 0.1) is 11.3 Å². The van der Waals surface area contributed by atoms with Crippen molar-refractivity contribution in [3.63, 3.8) is 0 Å². The number of ether oxygens (including phenoxy) is 2. The maximum Gasteiger partial charge on any atom is 0.323 e. The van der Waals surface area contributed by atoms with Crippen molar-refractivity contribution >= 4 is 50.3 Å². The Bertz CT molecular complexity index is 2190. The van der Waals surface area contributed by atoms with Gasteiger partial charge in [-0.1, -0.05) is 41.9 Å². The topological polar surface area (TPSA) is 184 Å². The van der Waals surface area contributed by atoms with Gasteiger partial charge in [-0.3, -0.25) is 24.6 Å². The molecular weight excluding hydrogens is 790 g/mol. The number of aromatic nitrogens is 3. The normalized spacial score (nSPS) is 14.4. The molecule has 1 aliphatic rings. The Labute approximate surface area is 331 Å². The number of halogens is 2. The number of carboxylic acids is 1. The molecule has 13 nitrogen and oxygen atoms in total. The van der Waals surface area contributed by atoms with Gasteiger partial charge >= 0.3 is 5.97 Å². The summed E-state index contributed by atoms with van der Waals surface area (Å²) in [5.74, 6) is -0.330. The van der Waals surface area contributed by atoms with E-state index < -0.39 is 18.6 Å². The number of aryl methyl sites for hydroxylation is 1. The van der Waals surface area contributed by atoms with Crippen molar-refractivity contribution in [2.75, 3.05) is 19.7 Å². The first kappa shape index (κ1) is 39.6. The summed E-state index contributed by atoms with van der Waals surface area (Å²) in [7, 11) is 0. The van der Waals surface area contributed by atoms with Gasteiger partial charge in [-0.15, -0.1) is 0 Å². The van der Waals surface area contributed by atoms with Gasteiger partial charge in [0, 0.05) is 77.1 Å². The molecular formula is C40H41BrClN7O6. The van der Waals surface area contributed by atoms with E-state index in [2.05, 4.69) is 55.1 Å². The first-order valence-electron chi connectivity index (χ1n) is 18.0.